The number of nitrogens with one attached hydrogen (secondary N) is 2. The fraction of sp³-hybridized carbons (Fsp3) is 0.625. The van der Waals surface area contributed by atoms with Crippen molar-refractivity contribution in [2.45, 2.75) is 59.6 Å². The summed E-state index contributed by atoms with van der Waals surface area (Å²) >= 11 is 6.00. The Labute approximate surface area is 195 Å². The number of amides is 3. The van der Waals surface area contributed by atoms with E-state index in [0.29, 0.717) is 24.5 Å². The molecule has 3 amide bonds. The predicted molar refractivity (Wildman–Crippen MR) is 125 cm³/mol. The Morgan fingerprint density at radius 1 is 1.12 bits per heavy atom. The molecule has 8 heteroatoms. The zero-order valence-electron chi connectivity index (χ0n) is 19.9. The number of carbonyl (C=O) groups is 3. The zero-order valence-corrected chi connectivity index (χ0v) is 20.6. The van der Waals surface area contributed by atoms with Crippen LogP contribution in [-0.2, 0) is 20.0 Å². The fourth-order valence-corrected chi connectivity index (χ4v) is 4.20. The zero-order chi connectivity index (χ0) is 24.3. The lowest BCUT2D eigenvalue weighted by Gasteiger charge is -2.51. The summed E-state index contributed by atoms with van der Waals surface area (Å²) < 4.78 is 0. The number of nitrogens with zero attached hydrogens (tertiary/aromatic N) is 1. The molecule has 0 bridgehead atoms. The highest BCUT2D eigenvalue weighted by atomic mass is 35.5. The number of carbonyl (C=O) groups excluding carboxylic acids is 3. The number of hydrogen-bond donors (Lipinski definition) is 3. The van der Waals surface area contributed by atoms with E-state index in [9.17, 15) is 19.5 Å². The Kier molecular flexibility index (Phi) is 8.34. The average Bonchev–Trinajstić information content (AvgIpc) is 2.71. The SMILES string of the molecule is CC(C)C(=O)NCC(=O)N[C@@H](C(=O)N1CC[C@](O)(c2ccc(Cl)cc2)C(C)(C)C1)C(C)C. The van der Waals surface area contributed by atoms with Crippen LogP contribution in [0.1, 0.15) is 53.5 Å². The molecule has 3 N–H and O–H groups in total. The highest BCUT2D eigenvalue weighted by Crippen LogP contribution is 2.46. The second-order valence-corrected chi connectivity index (χ2v) is 10.4. The van der Waals surface area contributed by atoms with Crippen LogP contribution in [0.3, 0.4) is 0 Å². The van der Waals surface area contributed by atoms with Gasteiger partial charge in [0.05, 0.1) is 12.1 Å². The molecule has 32 heavy (non-hydrogen) atoms. The normalized spacial score (nSPS) is 21.4. The van der Waals surface area contributed by atoms with E-state index >= 15 is 0 Å². The molecule has 178 valence electrons. The summed E-state index contributed by atoms with van der Waals surface area (Å²) in [4.78, 5) is 39.1. The van der Waals surface area contributed by atoms with Crippen molar-refractivity contribution in [2.75, 3.05) is 19.6 Å². The van der Waals surface area contributed by atoms with E-state index in [1.807, 2.05) is 39.8 Å². The van der Waals surface area contributed by atoms with E-state index in [-0.39, 0.29) is 30.2 Å². The third-order valence-electron chi connectivity index (χ3n) is 6.28. The van der Waals surface area contributed by atoms with Gasteiger partial charge in [0.1, 0.15) is 6.04 Å². The second-order valence-electron chi connectivity index (χ2n) is 9.92. The Morgan fingerprint density at radius 2 is 1.72 bits per heavy atom. The minimum absolute atomic E-state index is 0.132. The van der Waals surface area contributed by atoms with E-state index in [0.717, 1.165) is 5.56 Å². The van der Waals surface area contributed by atoms with Gasteiger partial charge in [0, 0.05) is 29.4 Å². The van der Waals surface area contributed by atoms with Gasteiger partial charge in [-0.05, 0) is 30.0 Å². The van der Waals surface area contributed by atoms with E-state index in [1.54, 1.807) is 30.9 Å². The van der Waals surface area contributed by atoms with Crippen molar-refractivity contribution in [3.05, 3.63) is 34.9 Å². The third-order valence-corrected chi connectivity index (χ3v) is 6.53. The van der Waals surface area contributed by atoms with Gasteiger partial charge in [-0.1, -0.05) is 65.3 Å². The Balaban J connectivity index is 2.10. The molecule has 0 aliphatic carbocycles. The molecule has 7 nitrogen and oxygen atoms in total. The maximum Gasteiger partial charge on any atom is 0.245 e. The molecule has 0 spiro atoms. The van der Waals surface area contributed by atoms with Crippen molar-refractivity contribution < 1.29 is 19.5 Å². The number of benzene rings is 1. The lowest BCUT2D eigenvalue weighted by atomic mass is 9.66. The topological polar surface area (TPSA) is 98.7 Å². The summed E-state index contributed by atoms with van der Waals surface area (Å²) in [5, 5.41) is 17.5. The van der Waals surface area contributed by atoms with Gasteiger partial charge in [0.25, 0.3) is 0 Å². The molecular formula is C24H36ClN3O4. The number of rotatable bonds is 7. The van der Waals surface area contributed by atoms with Crippen molar-refractivity contribution >= 4 is 29.3 Å². The summed E-state index contributed by atoms with van der Waals surface area (Å²) in [6.07, 6.45) is 0.372. The quantitative estimate of drug-likeness (QED) is 0.576. The Morgan fingerprint density at radius 3 is 2.22 bits per heavy atom. The number of piperidine rings is 1. The lowest BCUT2D eigenvalue weighted by molar-refractivity contribution is -0.156. The summed E-state index contributed by atoms with van der Waals surface area (Å²) in [7, 11) is 0. The summed E-state index contributed by atoms with van der Waals surface area (Å²) in [5.74, 6) is -1.16. The van der Waals surface area contributed by atoms with Gasteiger partial charge < -0.3 is 20.6 Å². The molecule has 1 aliphatic heterocycles. The number of hydrogen-bond acceptors (Lipinski definition) is 4. The van der Waals surface area contributed by atoms with Crippen molar-refractivity contribution in [3.63, 3.8) is 0 Å². The van der Waals surface area contributed by atoms with E-state index < -0.39 is 23.0 Å². The predicted octanol–water partition coefficient (Wildman–Crippen LogP) is 2.70. The molecule has 1 aromatic carbocycles. The first-order valence-electron chi connectivity index (χ1n) is 11.1. The van der Waals surface area contributed by atoms with Crippen LogP contribution >= 0.6 is 11.6 Å². The molecule has 0 saturated carbocycles. The number of halogens is 1. The van der Waals surface area contributed by atoms with Crippen molar-refractivity contribution in [1.82, 2.24) is 15.5 Å². The van der Waals surface area contributed by atoms with Crippen molar-refractivity contribution in [1.29, 1.82) is 0 Å². The molecule has 1 aromatic rings. The Hall–Kier alpha value is -2.12. The van der Waals surface area contributed by atoms with Crippen LogP contribution in [0, 0.1) is 17.3 Å². The van der Waals surface area contributed by atoms with Crippen LogP contribution in [0.2, 0.25) is 5.02 Å². The van der Waals surface area contributed by atoms with Crippen LogP contribution in [0.15, 0.2) is 24.3 Å². The van der Waals surface area contributed by atoms with Gasteiger partial charge in [-0.25, -0.2) is 0 Å². The smallest absolute Gasteiger partial charge is 0.245 e. The largest absolute Gasteiger partial charge is 0.384 e. The molecule has 0 radical (unpaired) electrons. The summed E-state index contributed by atoms with van der Waals surface area (Å²) in [5.41, 5.74) is -0.953. The molecule has 1 aliphatic rings. The number of likely N-dealkylation sites (tertiary alicyclic amines) is 1. The van der Waals surface area contributed by atoms with E-state index in [2.05, 4.69) is 10.6 Å². The fourth-order valence-electron chi connectivity index (χ4n) is 4.08. The maximum absolute atomic E-state index is 13.3. The van der Waals surface area contributed by atoms with E-state index in [1.165, 1.54) is 0 Å². The summed E-state index contributed by atoms with van der Waals surface area (Å²) in [6, 6.07) is 6.44. The highest BCUT2D eigenvalue weighted by Gasteiger charge is 2.50. The number of aliphatic hydroxyl groups is 1. The highest BCUT2D eigenvalue weighted by molar-refractivity contribution is 6.30. The van der Waals surface area contributed by atoms with Crippen molar-refractivity contribution in [2.24, 2.45) is 17.3 Å². The first-order valence-corrected chi connectivity index (χ1v) is 11.5. The van der Waals surface area contributed by atoms with Gasteiger partial charge in [0.2, 0.25) is 17.7 Å². The van der Waals surface area contributed by atoms with Crippen LogP contribution < -0.4 is 10.6 Å². The lowest BCUT2D eigenvalue weighted by Crippen LogP contribution is -2.61. The standard InChI is InChI=1S/C24H36ClN3O4/c1-15(2)20(27-19(29)13-26-21(30)16(3)4)22(31)28-12-11-24(32,23(5,6)14-28)17-7-9-18(25)10-8-17/h7-10,15-16,20,32H,11-14H2,1-6H3,(H,26,30)(H,27,29)/t20-,24+/m1/s1. The molecule has 1 saturated heterocycles. The van der Waals surface area contributed by atoms with Gasteiger partial charge in [-0.2, -0.15) is 0 Å². The molecular weight excluding hydrogens is 430 g/mol. The van der Waals surface area contributed by atoms with Crippen LogP contribution in [0.25, 0.3) is 0 Å². The molecule has 1 heterocycles. The van der Waals surface area contributed by atoms with E-state index in [4.69, 9.17) is 11.6 Å². The van der Waals surface area contributed by atoms with Crippen LogP contribution in [0.4, 0.5) is 0 Å². The molecule has 2 rings (SSSR count). The molecule has 0 unspecified atom stereocenters. The first kappa shape index (κ1) is 26.1. The van der Waals surface area contributed by atoms with Gasteiger partial charge in [0.15, 0.2) is 0 Å². The second kappa shape index (κ2) is 10.2. The molecule has 1 fully saturated rings. The van der Waals surface area contributed by atoms with Gasteiger partial charge in [-0.15, -0.1) is 0 Å². The summed E-state index contributed by atoms with van der Waals surface area (Å²) in [6.45, 7) is 11.6. The van der Waals surface area contributed by atoms with Crippen LogP contribution in [-0.4, -0.2) is 53.4 Å². The average molecular weight is 466 g/mol. The minimum Gasteiger partial charge on any atom is -0.384 e. The molecule has 0 aromatic heterocycles. The third kappa shape index (κ3) is 5.81. The molecule has 2 atom stereocenters. The monoisotopic (exact) mass is 465 g/mol. The Bertz CT molecular complexity index is 838. The maximum atomic E-state index is 13.3. The van der Waals surface area contributed by atoms with Gasteiger partial charge >= 0.3 is 0 Å². The van der Waals surface area contributed by atoms with Gasteiger partial charge in [-0.3, -0.25) is 14.4 Å². The minimum atomic E-state index is -1.11. The van der Waals surface area contributed by atoms with Crippen LogP contribution in [0.5, 0.6) is 0 Å². The first-order chi connectivity index (χ1) is 14.8. The van der Waals surface area contributed by atoms with Crippen molar-refractivity contribution in [3.8, 4) is 0 Å².